The van der Waals surface area contributed by atoms with E-state index in [9.17, 15) is 14.7 Å². The Bertz CT molecular complexity index is 1280. The summed E-state index contributed by atoms with van der Waals surface area (Å²) in [5.41, 5.74) is 1.38. The zero-order valence-electron chi connectivity index (χ0n) is 19.9. The van der Waals surface area contributed by atoms with Crippen LogP contribution in [0.3, 0.4) is 0 Å². The molecule has 1 aliphatic rings. The molecule has 1 atom stereocenters. The van der Waals surface area contributed by atoms with Gasteiger partial charge in [0.25, 0.3) is 11.7 Å². The van der Waals surface area contributed by atoms with Crippen molar-refractivity contribution in [1.82, 2.24) is 0 Å². The summed E-state index contributed by atoms with van der Waals surface area (Å²) in [5, 5.41) is 11.4. The van der Waals surface area contributed by atoms with Crippen molar-refractivity contribution < 1.29 is 28.9 Å². The minimum Gasteiger partial charge on any atom is -0.507 e. The van der Waals surface area contributed by atoms with Crippen LogP contribution in [0.2, 0.25) is 0 Å². The van der Waals surface area contributed by atoms with Crippen LogP contribution in [-0.4, -0.2) is 37.1 Å². The molecule has 1 N–H and O–H groups in total. The summed E-state index contributed by atoms with van der Waals surface area (Å²) in [4.78, 5) is 28.2. The molecular weight excluding hydrogens is 446 g/mol. The largest absolute Gasteiger partial charge is 0.507 e. The topological polar surface area (TPSA) is 85.3 Å². The van der Waals surface area contributed by atoms with E-state index >= 15 is 0 Å². The molecule has 35 heavy (non-hydrogen) atoms. The molecule has 7 nitrogen and oxygen atoms in total. The number of nitrogens with zero attached hydrogens (tertiary/aromatic N) is 1. The SMILES string of the molecule is CCOc1cccc(C2/C(=C(\O)c3ccccc3OC)C(=O)C(=O)N2c2cccc(OCC)c2)c1. The van der Waals surface area contributed by atoms with Crippen LogP contribution >= 0.6 is 0 Å². The minimum absolute atomic E-state index is 0.0324. The molecular formula is C28H27NO6. The Morgan fingerprint density at radius 3 is 2.23 bits per heavy atom. The Labute approximate surface area is 204 Å². The number of carbonyl (C=O) groups excluding carboxylic acids is 2. The van der Waals surface area contributed by atoms with Crippen LogP contribution in [0.4, 0.5) is 5.69 Å². The third-order valence-electron chi connectivity index (χ3n) is 5.70. The lowest BCUT2D eigenvalue weighted by molar-refractivity contribution is -0.132. The molecule has 1 amide bonds. The van der Waals surface area contributed by atoms with Gasteiger partial charge in [0.05, 0.1) is 37.5 Å². The fourth-order valence-corrected chi connectivity index (χ4v) is 4.23. The van der Waals surface area contributed by atoms with Gasteiger partial charge in [-0.15, -0.1) is 0 Å². The van der Waals surface area contributed by atoms with E-state index in [-0.39, 0.29) is 11.3 Å². The molecule has 0 aliphatic carbocycles. The number of aliphatic hydroxyl groups excluding tert-OH is 1. The highest BCUT2D eigenvalue weighted by atomic mass is 16.5. The minimum atomic E-state index is -0.891. The van der Waals surface area contributed by atoms with Crippen LogP contribution in [0.15, 0.2) is 78.4 Å². The molecule has 0 bridgehead atoms. The standard InChI is InChI=1S/C28H27NO6/c1-4-34-20-12-8-10-18(16-20)25-24(26(30)22-14-6-7-15-23(22)33-3)27(31)28(32)29(25)19-11-9-13-21(17-19)35-5-2/h6-17,25,30H,4-5H2,1-3H3/b26-24+. The number of Topliss-reactive ketones (excluding diaryl/α,β-unsaturated/α-hetero) is 1. The second-order valence-corrected chi connectivity index (χ2v) is 7.81. The number of anilines is 1. The van der Waals surface area contributed by atoms with E-state index < -0.39 is 17.7 Å². The predicted molar refractivity (Wildman–Crippen MR) is 133 cm³/mol. The van der Waals surface area contributed by atoms with Gasteiger partial charge in [-0.25, -0.2) is 0 Å². The van der Waals surface area contributed by atoms with Crippen LogP contribution in [-0.2, 0) is 9.59 Å². The molecule has 3 aromatic carbocycles. The van der Waals surface area contributed by atoms with Crippen LogP contribution in [0.5, 0.6) is 17.2 Å². The number of aliphatic hydroxyl groups is 1. The Morgan fingerprint density at radius 1 is 0.886 bits per heavy atom. The van der Waals surface area contributed by atoms with Gasteiger partial charge in [0.15, 0.2) is 0 Å². The Balaban J connectivity index is 1.95. The van der Waals surface area contributed by atoms with Gasteiger partial charge < -0.3 is 19.3 Å². The third kappa shape index (κ3) is 4.57. The molecule has 1 saturated heterocycles. The van der Waals surface area contributed by atoms with E-state index in [0.717, 1.165) is 0 Å². The molecule has 1 fully saturated rings. The Morgan fingerprint density at radius 2 is 1.54 bits per heavy atom. The van der Waals surface area contributed by atoms with E-state index in [1.807, 2.05) is 13.8 Å². The van der Waals surface area contributed by atoms with Crippen LogP contribution < -0.4 is 19.1 Å². The van der Waals surface area contributed by atoms with Gasteiger partial charge >= 0.3 is 0 Å². The van der Waals surface area contributed by atoms with Gasteiger partial charge in [0.1, 0.15) is 23.0 Å². The van der Waals surface area contributed by atoms with Crippen molar-refractivity contribution in [3.05, 3.63) is 89.5 Å². The maximum Gasteiger partial charge on any atom is 0.300 e. The van der Waals surface area contributed by atoms with E-state index in [2.05, 4.69) is 0 Å². The van der Waals surface area contributed by atoms with Crippen molar-refractivity contribution in [1.29, 1.82) is 0 Å². The van der Waals surface area contributed by atoms with Crippen LogP contribution in [0.1, 0.15) is 31.0 Å². The summed E-state index contributed by atoms with van der Waals surface area (Å²) in [6.07, 6.45) is 0. The van der Waals surface area contributed by atoms with Crippen molar-refractivity contribution in [2.75, 3.05) is 25.2 Å². The molecule has 7 heteroatoms. The molecule has 180 valence electrons. The quantitative estimate of drug-likeness (QED) is 0.278. The highest BCUT2D eigenvalue weighted by molar-refractivity contribution is 6.51. The number of carbonyl (C=O) groups is 2. The fraction of sp³-hybridized carbons (Fsp3) is 0.214. The summed E-state index contributed by atoms with van der Waals surface area (Å²) < 4.78 is 16.7. The van der Waals surface area contributed by atoms with Crippen LogP contribution in [0.25, 0.3) is 5.76 Å². The predicted octanol–water partition coefficient (Wildman–Crippen LogP) is 5.12. The van der Waals surface area contributed by atoms with Gasteiger partial charge in [0.2, 0.25) is 0 Å². The Hall–Kier alpha value is -4.26. The second kappa shape index (κ2) is 10.3. The van der Waals surface area contributed by atoms with E-state index in [4.69, 9.17) is 14.2 Å². The first-order valence-electron chi connectivity index (χ1n) is 11.4. The summed E-state index contributed by atoms with van der Waals surface area (Å²) in [7, 11) is 1.48. The zero-order chi connectivity index (χ0) is 24.9. The van der Waals surface area contributed by atoms with Crippen molar-refractivity contribution >= 4 is 23.1 Å². The summed E-state index contributed by atoms with van der Waals surface area (Å²) >= 11 is 0. The van der Waals surface area contributed by atoms with Gasteiger partial charge in [-0.05, 0) is 55.8 Å². The molecule has 1 heterocycles. The summed E-state index contributed by atoms with van der Waals surface area (Å²) in [5.74, 6) is -0.300. The zero-order valence-corrected chi connectivity index (χ0v) is 19.9. The van der Waals surface area contributed by atoms with Gasteiger partial charge in [-0.3, -0.25) is 14.5 Å². The van der Waals surface area contributed by atoms with Crippen molar-refractivity contribution in [2.45, 2.75) is 19.9 Å². The van der Waals surface area contributed by atoms with E-state index in [1.54, 1.807) is 72.8 Å². The lowest BCUT2D eigenvalue weighted by Gasteiger charge is -2.26. The molecule has 0 spiro atoms. The summed E-state index contributed by atoms with van der Waals surface area (Å²) in [6, 6.07) is 20.1. The maximum absolute atomic E-state index is 13.4. The number of ketones is 1. The summed E-state index contributed by atoms with van der Waals surface area (Å²) in [6.45, 7) is 4.65. The fourth-order valence-electron chi connectivity index (χ4n) is 4.23. The highest BCUT2D eigenvalue weighted by Crippen LogP contribution is 2.44. The van der Waals surface area contributed by atoms with Gasteiger partial charge in [0, 0.05) is 11.8 Å². The molecule has 1 aliphatic heterocycles. The molecule has 0 radical (unpaired) electrons. The number of rotatable bonds is 8. The second-order valence-electron chi connectivity index (χ2n) is 7.81. The number of hydrogen-bond acceptors (Lipinski definition) is 6. The number of para-hydroxylation sites is 1. The first-order chi connectivity index (χ1) is 17.0. The maximum atomic E-state index is 13.4. The number of methoxy groups -OCH3 is 1. The number of amides is 1. The third-order valence-corrected chi connectivity index (χ3v) is 5.70. The average Bonchev–Trinajstić information content (AvgIpc) is 3.14. The lowest BCUT2D eigenvalue weighted by Crippen LogP contribution is -2.29. The monoisotopic (exact) mass is 473 g/mol. The molecule has 4 rings (SSSR count). The van der Waals surface area contributed by atoms with E-state index in [0.29, 0.717) is 47.3 Å². The molecule has 3 aromatic rings. The van der Waals surface area contributed by atoms with Gasteiger partial charge in [-0.2, -0.15) is 0 Å². The molecule has 0 saturated carbocycles. The average molecular weight is 474 g/mol. The van der Waals surface area contributed by atoms with Crippen LogP contribution in [0, 0.1) is 0 Å². The van der Waals surface area contributed by atoms with Gasteiger partial charge in [-0.1, -0.05) is 30.3 Å². The Kier molecular flexibility index (Phi) is 7.06. The van der Waals surface area contributed by atoms with Crippen molar-refractivity contribution in [2.24, 2.45) is 0 Å². The first kappa shape index (κ1) is 23.9. The van der Waals surface area contributed by atoms with Crippen molar-refractivity contribution in [3.8, 4) is 17.2 Å². The highest BCUT2D eigenvalue weighted by Gasteiger charge is 2.47. The van der Waals surface area contributed by atoms with E-state index in [1.165, 1.54) is 12.0 Å². The number of benzene rings is 3. The van der Waals surface area contributed by atoms with Crippen molar-refractivity contribution in [3.63, 3.8) is 0 Å². The lowest BCUT2D eigenvalue weighted by atomic mass is 9.94. The number of ether oxygens (including phenoxy) is 3. The number of hydrogen-bond donors (Lipinski definition) is 1. The molecule has 0 aromatic heterocycles. The molecule has 1 unspecified atom stereocenters. The normalized spacial score (nSPS) is 16.9. The smallest absolute Gasteiger partial charge is 0.300 e. The first-order valence-corrected chi connectivity index (χ1v) is 11.4.